The van der Waals surface area contributed by atoms with Crippen LogP contribution in [0.3, 0.4) is 0 Å². The van der Waals surface area contributed by atoms with Gasteiger partial charge in [0.15, 0.2) is 0 Å². The lowest BCUT2D eigenvalue weighted by atomic mass is 9.97. The normalized spacial score (nSPS) is 16.2. The molecule has 1 fully saturated rings. The fourth-order valence-corrected chi connectivity index (χ4v) is 4.54. The van der Waals surface area contributed by atoms with Crippen molar-refractivity contribution in [1.82, 2.24) is 14.6 Å². The summed E-state index contributed by atoms with van der Waals surface area (Å²) in [5.41, 5.74) is 0.729. The molecule has 2 heterocycles. The van der Waals surface area contributed by atoms with Gasteiger partial charge in [-0.15, -0.1) is 0 Å². The van der Waals surface area contributed by atoms with Gasteiger partial charge >= 0.3 is 0 Å². The number of piperidine rings is 1. The summed E-state index contributed by atoms with van der Waals surface area (Å²) in [5, 5.41) is 2.79. The maximum Gasteiger partial charge on any atom is 0.246 e. The fraction of sp³-hybridized carbons (Fsp3) is 0.333. The highest BCUT2D eigenvalue weighted by Gasteiger charge is 2.33. The van der Waals surface area contributed by atoms with Crippen LogP contribution in [0.2, 0.25) is 0 Å². The Morgan fingerprint density at radius 1 is 1.19 bits per heavy atom. The highest BCUT2D eigenvalue weighted by atomic mass is 32.2. The van der Waals surface area contributed by atoms with Crippen LogP contribution in [0.1, 0.15) is 18.5 Å². The number of benzene rings is 1. The number of hydrogen-bond donors (Lipinski definition) is 1. The molecule has 0 unspecified atom stereocenters. The highest BCUT2D eigenvalue weighted by Crippen LogP contribution is 2.26. The topological polar surface area (TPSA) is 79.4 Å². The number of aromatic nitrogens is 1. The van der Waals surface area contributed by atoms with E-state index in [9.17, 15) is 22.0 Å². The number of pyridine rings is 1. The van der Waals surface area contributed by atoms with Crippen LogP contribution in [0.4, 0.5) is 8.78 Å². The Labute approximate surface area is 156 Å². The molecule has 0 bridgehead atoms. The van der Waals surface area contributed by atoms with Gasteiger partial charge in [0, 0.05) is 25.2 Å². The van der Waals surface area contributed by atoms with Crippen molar-refractivity contribution in [3.63, 3.8) is 0 Å². The summed E-state index contributed by atoms with van der Waals surface area (Å²) in [7, 11) is -4.14. The Bertz CT molecular complexity index is 915. The zero-order chi connectivity index (χ0) is 19.4. The average molecular weight is 395 g/mol. The molecule has 3 rings (SSSR count). The van der Waals surface area contributed by atoms with Gasteiger partial charge in [0.25, 0.3) is 0 Å². The number of halogens is 2. The van der Waals surface area contributed by atoms with E-state index in [0.717, 1.165) is 22.1 Å². The minimum absolute atomic E-state index is 0.0694. The molecule has 1 saturated heterocycles. The van der Waals surface area contributed by atoms with E-state index in [2.05, 4.69) is 10.3 Å². The number of nitrogens with one attached hydrogen (secondary N) is 1. The molecule has 1 aliphatic rings. The number of carbonyl (C=O) groups excluding carboxylic acids is 1. The first kappa shape index (κ1) is 19.4. The number of hydrogen-bond acceptors (Lipinski definition) is 4. The molecule has 2 aromatic rings. The van der Waals surface area contributed by atoms with E-state index in [0.29, 0.717) is 25.5 Å². The molecular formula is C18H19F2N3O3S. The summed E-state index contributed by atoms with van der Waals surface area (Å²) in [5.74, 6) is -2.32. The summed E-state index contributed by atoms with van der Waals surface area (Å²) in [6.45, 7) is 0.437. The number of nitrogens with zero attached hydrogens (tertiary/aromatic N) is 2. The molecule has 1 aromatic carbocycles. The number of carbonyl (C=O) groups is 1. The molecular weight excluding hydrogens is 376 g/mol. The summed E-state index contributed by atoms with van der Waals surface area (Å²) >= 11 is 0. The molecule has 6 nitrogen and oxygen atoms in total. The van der Waals surface area contributed by atoms with Crippen molar-refractivity contribution in [2.45, 2.75) is 24.3 Å². The van der Waals surface area contributed by atoms with E-state index in [1.54, 1.807) is 18.3 Å². The fourth-order valence-electron chi connectivity index (χ4n) is 3.00. The lowest BCUT2D eigenvalue weighted by Crippen LogP contribution is -2.43. The Hall–Kier alpha value is -2.39. The Morgan fingerprint density at radius 2 is 1.93 bits per heavy atom. The van der Waals surface area contributed by atoms with E-state index in [1.807, 2.05) is 6.07 Å². The van der Waals surface area contributed by atoms with Gasteiger partial charge in [-0.05, 0) is 43.2 Å². The molecule has 144 valence electrons. The van der Waals surface area contributed by atoms with E-state index >= 15 is 0 Å². The summed E-state index contributed by atoms with van der Waals surface area (Å²) in [6.07, 6.45) is 2.25. The first-order chi connectivity index (χ1) is 12.9. The Balaban J connectivity index is 1.59. The monoisotopic (exact) mass is 395 g/mol. The van der Waals surface area contributed by atoms with Gasteiger partial charge in [0.05, 0.1) is 12.2 Å². The van der Waals surface area contributed by atoms with E-state index in [4.69, 9.17) is 0 Å². The Kier molecular flexibility index (Phi) is 5.81. The third kappa shape index (κ3) is 4.48. The van der Waals surface area contributed by atoms with Gasteiger partial charge in [-0.1, -0.05) is 6.07 Å². The summed E-state index contributed by atoms with van der Waals surface area (Å²) < 4.78 is 53.4. The number of rotatable bonds is 5. The molecule has 9 heteroatoms. The predicted molar refractivity (Wildman–Crippen MR) is 93.9 cm³/mol. The van der Waals surface area contributed by atoms with Crippen LogP contribution < -0.4 is 5.32 Å². The molecule has 0 atom stereocenters. The molecule has 0 saturated carbocycles. The summed E-state index contributed by atoms with van der Waals surface area (Å²) in [4.78, 5) is 15.7. The zero-order valence-corrected chi connectivity index (χ0v) is 15.3. The predicted octanol–water partition coefficient (Wildman–Crippen LogP) is 2.08. The second kappa shape index (κ2) is 8.10. The quantitative estimate of drug-likeness (QED) is 0.841. The molecule has 0 aliphatic carbocycles. The van der Waals surface area contributed by atoms with Crippen LogP contribution in [0.15, 0.2) is 47.5 Å². The zero-order valence-electron chi connectivity index (χ0n) is 14.4. The van der Waals surface area contributed by atoms with Crippen LogP contribution in [0, 0.1) is 17.6 Å². The van der Waals surface area contributed by atoms with Crippen LogP contribution >= 0.6 is 0 Å². The van der Waals surface area contributed by atoms with Gasteiger partial charge in [-0.2, -0.15) is 4.31 Å². The number of amides is 1. The molecule has 1 N–H and O–H groups in total. The van der Waals surface area contributed by atoms with Gasteiger partial charge in [-0.25, -0.2) is 17.2 Å². The maximum absolute atomic E-state index is 13.8. The van der Waals surface area contributed by atoms with Gasteiger partial charge in [0.2, 0.25) is 15.9 Å². The van der Waals surface area contributed by atoms with Gasteiger partial charge in [-0.3, -0.25) is 9.78 Å². The van der Waals surface area contributed by atoms with Crippen molar-refractivity contribution in [2.75, 3.05) is 13.1 Å². The maximum atomic E-state index is 13.8. The van der Waals surface area contributed by atoms with Crippen LogP contribution in [0.25, 0.3) is 0 Å². The van der Waals surface area contributed by atoms with Crippen molar-refractivity contribution in [2.24, 2.45) is 5.92 Å². The van der Waals surface area contributed by atoms with E-state index in [-0.39, 0.29) is 24.9 Å². The average Bonchev–Trinajstić information content (AvgIpc) is 2.68. The van der Waals surface area contributed by atoms with Crippen LogP contribution in [0.5, 0.6) is 0 Å². The summed E-state index contributed by atoms with van der Waals surface area (Å²) in [6, 6.07) is 7.73. The SMILES string of the molecule is O=C(NCc1ccccn1)C1CCN(S(=O)(=O)c2cc(F)ccc2F)CC1. The van der Waals surface area contributed by atoms with Crippen molar-refractivity contribution in [1.29, 1.82) is 0 Å². The molecule has 0 radical (unpaired) electrons. The lowest BCUT2D eigenvalue weighted by molar-refractivity contribution is -0.126. The van der Waals surface area contributed by atoms with E-state index < -0.39 is 26.6 Å². The molecule has 1 amide bonds. The molecule has 27 heavy (non-hydrogen) atoms. The van der Waals surface area contributed by atoms with E-state index in [1.165, 1.54) is 0 Å². The third-order valence-electron chi connectivity index (χ3n) is 4.51. The second-order valence-electron chi connectivity index (χ2n) is 6.29. The Morgan fingerprint density at radius 3 is 2.59 bits per heavy atom. The van der Waals surface area contributed by atoms with Gasteiger partial charge < -0.3 is 5.32 Å². The lowest BCUT2D eigenvalue weighted by Gasteiger charge is -2.30. The highest BCUT2D eigenvalue weighted by molar-refractivity contribution is 7.89. The van der Waals surface area contributed by atoms with Crippen molar-refractivity contribution >= 4 is 15.9 Å². The first-order valence-corrected chi connectivity index (χ1v) is 9.95. The minimum Gasteiger partial charge on any atom is -0.350 e. The van der Waals surface area contributed by atoms with Crippen LogP contribution in [-0.2, 0) is 21.4 Å². The number of sulfonamides is 1. The molecule has 1 aromatic heterocycles. The van der Waals surface area contributed by atoms with Crippen molar-refractivity contribution in [3.05, 3.63) is 59.9 Å². The molecule has 1 aliphatic heterocycles. The van der Waals surface area contributed by atoms with Crippen molar-refractivity contribution in [3.8, 4) is 0 Å². The van der Waals surface area contributed by atoms with Crippen LogP contribution in [-0.4, -0.2) is 36.7 Å². The minimum atomic E-state index is -4.14. The second-order valence-corrected chi connectivity index (χ2v) is 8.20. The first-order valence-electron chi connectivity index (χ1n) is 8.51. The molecule has 0 spiro atoms. The third-order valence-corrected chi connectivity index (χ3v) is 6.42. The largest absolute Gasteiger partial charge is 0.350 e. The standard InChI is InChI=1S/C18H19F2N3O3S/c19-14-4-5-16(20)17(11-14)27(25,26)23-9-6-13(7-10-23)18(24)22-12-15-3-1-2-8-21-15/h1-5,8,11,13H,6-7,9-10,12H2,(H,22,24). The van der Waals surface area contributed by atoms with Crippen molar-refractivity contribution < 1.29 is 22.0 Å². The smallest absolute Gasteiger partial charge is 0.246 e. The van der Waals surface area contributed by atoms with Gasteiger partial charge in [0.1, 0.15) is 16.5 Å².